The molecule has 1 aromatic carbocycles. The fraction of sp³-hybridized carbons (Fsp3) is 0.679. The molecule has 196 valence electrons. The fourth-order valence-corrected chi connectivity index (χ4v) is 6.75. The number of hydrogen-bond acceptors (Lipinski definition) is 4. The van der Waals surface area contributed by atoms with Crippen LogP contribution in [0, 0.1) is 5.92 Å². The van der Waals surface area contributed by atoms with Crippen molar-refractivity contribution in [3.05, 3.63) is 29.3 Å². The lowest BCUT2D eigenvalue weighted by atomic mass is 9.88. The minimum Gasteiger partial charge on any atom is -0.480 e. The zero-order valence-electron chi connectivity index (χ0n) is 21.5. The Morgan fingerprint density at radius 1 is 0.944 bits per heavy atom. The van der Waals surface area contributed by atoms with Gasteiger partial charge in [-0.3, -0.25) is 14.5 Å². The van der Waals surface area contributed by atoms with E-state index < -0.39 is 5.97 Å². The number of urea groups is 1. The number of aliphatic carboxylic acids is 1. The van der Waals surface area contributed by atoms with Gasteiger partial charge in [0.25, 0.3) is 0 Å². The maximum Gasteiger partial charge on any atom is 0.324 e. The SMILES string of the molecule is CN1CCc2ccc(N3CCN(C4CCC(N(CC(=O)O)C(=O)C5CCCC5)CC4)C3=O)cc2CC1. The zero-order valence-corrected chi connectivity index (χ0v) is 21.5. The Hall–Kier alpha value is -2.61. The molecule has 1 saturated heterocycles. The standard InChI is InChI=1S/C28H40N4O4/c1-29-14-12-20-6-7-25(18-22(20)13-15-29)31-17-16-30(28(31)36)23-8-10-24(11-9-23)32(19-26(33)34)27(35)21-4-2-3-5-21/h6-7,18,21,23-24H,2-5,8-17,19H2,1H3,(H,33,34). The van der Waals surface area contributed by atoms with E-state index in [1.807, 2.05) is 9.80 Å². The maximum atomic E-state index is 13.4. The van der Waals surface area contributed by atoms with Crippen LogP contribution in [0.4, 0.5) is 10.5 Å². The normalized spacial score (nSPS) is 25.6. The Kier molecular flexibility index (Phi) is 7.51. The lowest BCUT2D eigenvalue weighted by molar-refractivity contribution is -0.149. The Bertz CT molecular complexity index is 984. The lowest BCUT2D eigenvalue weighted by Gasteiger charge is -2.39. The average molecular weight is 497 g/mol. The zero-order chi connectivity index (χ0) is 25.2. The molecular weight excluding hydrogens is 456 g/mol. The number of carboxylic acids is 1. The van der Waals surface area contributed by atoms with Gasteiger partial charge in [0.2, 0.25) is 5.91 Å². The topological polar surface area (TPSA) is 84.4 Å². The molecule has 0 atom stereocenters. The summed E-state index contributed by atoms with van der Waals surface area (Å²) in [6.45, 7) is 3.31. The van der Waals surface area contributed by atoms with Gasteiger partial charge in [-0.25, -0.2) is 4.79 Å². The maximum absolute atomic E-state index is 13.4. The summed E-state index contributed by atoms with van der Waals surface area (Å²) in [4.78, 5) is 46.0. The first-order valence-corrected chi connectivity index (χ1v) is 13.8. The highest BCUT2D eigenvalue weighted by molar-refractivity contribution is 5.94. The van der Waals surface area contributed by atoms with Gasteiger partial charge in [0.05, 0.1) is 0 Å². The van der Waals surface area contributed by atoms with E-state index in [4.69, 9.17) is 0 Å². The van der Waals surface area contributed by atoms with E-state index in [0.29, 0.717) is 13.1 Å². The Balaban J connectivity index is 1.21. The van der Waals surface area contributed by atoms with Crippen LogP contribution in [0.3, 0.4) is 0 Å². The first-order valence-electron chi connectivity index (χ1n) is 13.8. The summed E-state index contributed by atoms with van der Waals surface area (Å²) in [6.07, 6.45) is 9.07. The predicted molar refractivity (Wildman–Crippen MR) is 138 cm³/mol. The van der Waals surface area contributed by atoms with Gasteiger partial charge < -0.3 is 19.8 Å². The minimum atomic E-state index is -0.943. The number of likely N-dealkylation sites (N-methyl/N-ethyl adjacent to an activating group) is 1. The van der Waals surface area contributed by atoms with E-state index in [0.717, 1.165) is 83.0 Å². The summed E-state index contributed by atoms with van der Waals surface area (Å²) in [5.41, 5.74) is 3.74. The van der Waals surface area contributed by atoms with Crippen molar-refractivity contribution >= 4 is 23.6 Å². The molecule has 8 nitrogen and oxygen atoms in total. The van der Waals surface area contributed by atoms with Crippen LogP contribution >= 0.6 is 0 Å². The van der Waals surface area contributed by atoms with Crippen LogP contribution in [0.2, 0.25) is 0 Å². The molecule has 2 heterocycles. The van der Waals surface area contributed by atoms with Crippen LogP contribution in [0.15, 0.2) is 18.2 Å². The van der Waals surface area contributed by atoms with Crippen molar-refractivity contribution in [3.8, 4) is 0 Å². The van der Waals surface area contributed by atoms with Crippen LogP contribution in [-0.4, -0.2) is 89.6 Å². The summed E-state index contributed by atoms with van der Waals surface area (Å²) < 4.78 is 0. The van der Waals surface area contributed by atoms with Crippen LogP contribution in [-0.2, 0) is 22.4 Å². The molecule has 2 saturated carbocycles. The summed E-state index contributed by atoms with van der Waals surface area (Å²) >= 11 is 0. The van der Waals surface area contributed by atoms with E-state index in [1.54, 1.807) is 4.90 Å². The van der Waals surface area contributed by atoms with E-state index in [-0.39, 0.29) is 36.5 Å². The van der Waals surface area contributed by atoms with Crippen molar-refractivity contribution in [1.29, 1.82) is 0 Å². The molecule has 0 unspecified atom stereocenters. The summed E-state index contributed by atoms with van der Waals surface area (Å²) in [5.74, 6) is -0.936. The monoisotopic (exact) mass is 496 g/mol. The highest BCUT2D eigenvalue weighted by Crippen LogP contribution is 2.34. The molecule has 0 radical (unpaired) electrons. The van der Waals surface area contributed by atoms with Gasteiger partial charge in [-0.15, -0.1) is 0 Å². The second kappa shape index (κ2) is 10.8. The van der Waals surface area contributed by atoms with E-state index >= 15 is 0 Å². The molecule has 2 aliphatic carbocycles. The number of amides is 3. The van der Waals surface area contributed by atoms with E-state index in [1.165, 1.54) is 11.1 Å². The number of carbonyl (C=O) groups is 3. The molecule has 36 heavy (non-hydrogen) atoms. The third-order valence-corrected chi connectivity index (χ3v) is 8.91. The molecule has 2 aliphatic heterocycles. The summed E-state index contributed by atoms with van der Waals surface area (Å²) in [5, 5.41) is 9.45. The smallest absolute Gasteiger partial charge is 0.324 e. The first kappa shape index (κ1) is 25.1. The van der Waals surface area contributed by atoms with Gasteiger partial charge in [-0.05, 0) is 81.7 Å². The number of hydrogen-bond donors (Lipinski definition) is 1. The first-order chi connectivity index (χ1) is 17.4. The van der Waals surface area contributed by atoms with Crippen LogP contribution in [0.5, 0.6) is 0 Å². The van der Waals surface area contributed by atoms with Gasteiger partial charge in [-0.1, -0.05) is 18.9 Å². The minimum absolute atomic E-state index is 0.0166. The third-order valence-electron chi connectivity index (χ3n) is 8.91. The van der Waals surface area contributed by atoms with Crippen LogP contribution in [0.1, 0.15) is 62.5 Å². The van der Waals surface area contributed by atoms with Gasteiger partial charge in [-0.2, -0.15) is 0 Å². The largest absolute Gasteiger partial charge is 0.480 e. The predicted octanol–water partition coefficient (Wildman–Crippen LogP) is 3.37. The molecule has 1 aromatic rings. The molecule has 4 aliphatic rings. The van der Waals surface area contributed by atoms with E-state index in [9.17, 15) is 19.5 Å². The van der Waals surface area contributed by atoms with Gasteiger partial charge in [0.1, 0.15) is 6.54 Å². The molecule has 1 N–H and O–H groups in total. The molecule has 0 bridgehead atoms. The number of carboxylic acid groups (broad SMARTS) is 1. The molecule has 3 fully saturated rings. The number of benzene rings is 1. The second-order valence-electron chi connectivity index (χ2n) is 11.2. The fourth-order valence-electron chi connectivity index (χ4n) is 6.75. The number of anilines is 1. The molecule has 3 amide bonds. The third kappa shape index (κ3) is 5.24. The molecule has 0 aromatic heterocycles. The Morgan fingerprint density at radius 2 is 1.64 bits per heavy atom. The number of nitrogens with zero attached hydrogens (tertiary/aromatic N) is 4. The van der Waals surface area contributed by atoms with Crippen LogP contribution in [0.25, 0.3) is 0 Å². The average Bonchev–Trinajstić information content (AvgIpc) is 3.51. The Morgan fingerprint density at radius 3 is 2.33 bits per heavy atom. The highest BCUT2D eigenvalue weighted by atomic mass is 16.4. The summed E-state index contributed by atoms with van der Waals surface area (Å²) in [6, 6.07) is 6.70. The molecule has 5 rings (SSSR count). The molecule has 0 spiro atoms. The molecule has 8 heteroatoms. The molecular formula is C28H40N4O4. The summed E-state index contributed by atoms with van der Waals surface area (Å²) in [7, 11) is 2.16. The Labute approximate surface area is 214 Å². The van der Waals surface area contributed by atoms with E-state index in [2.05, 4.69) is 30.1 Å². The second-order valence-corrected chi connectivity index (χ2v) is 11.2. The van der Waals surface area contributed by atoms with Crippen molar-refractivity contribution in [3.63, 3.8) is 0 Å². The van der Waals surface area contributed by atoms with Gasteiger partial charge in [0, 0.05) is 49.9 Å². The number of fused-ring (bicyclic) bond motifs is 1. The van der Waals surface area contributed by atoms with Crippen molar-refractivity contribution in [2.75, 3.05) is 44.7 Å². The van der Waals surface area contributed by atoms with Gasteiger partial charge >= 0.3 is 12.0 Å². The van der Waals surface area contributed by atoms with Crippen LogP contribution < -0.4 is 4.90 Å². The van der Waals surface area contributed by atoms with Gasteiger partial charge in [0.15, 0.2) is 0 Å². The van der Waals surface area contributed by atoms with Crippen molar-refractivity contribution < 1.29 is 19.5 Å². The number of rotatable bonds is 6. The van der Waals surface area contributed by atoms with Crippen molar-refractivity contribution in [1.82, 2.24) is 14.7 Å². The van der Waals surface area contributed by atoms with Crippen molar-refractivity contribution in [2.24, 2.45) is 5.92 Å². The lowest BCUT2D eigenvalue weighted by Crippen LogP contribution is -2.50. The quantitative estimate of drug-likeness (QED) is 0.653. The number of carbonyl (C=O) groups excluding carboxylic acids is 2. The highest BCUT2D eigenvalue weighted by Gasteiger charge is 2.39. The van der Waals surface area contributed by atoms with Crippen molar-refractivity contribution in [2.45, 2.75) is 76.3 Å².